The quantitative estimate of drug-likeness (QED) is 0.795. The van der Waals surface area contributed by atoms with E-state index in [-0.39, 0.29) is 29.2 Å². The lowest BCUT2D eigenvalue weighted by Crippen LogP contribution is -2.30. The van der Waals surface area contributed by atoms with E-state index < -0.39 is 21.7 Å². The summed E-state index contributed by atoms with van der Waals surface area (Å²) in [5, 5.41) is 11.3. The van der Waals surface area contributed by atoms with Gasteiger partial charge in [0, 0.05) is 12.3 Å². The summed E-state index contributed by atoms with van der Waals surface area (Å²) >= 11 is 0. The third-order valence-electron chi connectivity index (χ3n) is 2.54. The van der Waals surface area contributed by atoms with Crippen LogP contribution in [0.5, 0.6) is 0 Å². The average molecular weight is 285 g/mol. The van der Waals surface area contributed by atoms with Crippen LogP contribution in [0.4, 0.5) is 0 Å². The van der Waals surface area contributed by atoms with Crippen molar-refractivity contribution in [2.75, 3.05) is 18.1 Å². The highest BCUT2D eigenvalue weighted by molar-refractivity contribution is 7.91. The molecule has 19 heavy (non-hydrogen) atoms. The zero-order valence-electron chi connectivity index (χ0n) is 10.4. The maximum atomic E-state index is 11.8. The Kier molecular flexibility index (Phi) is 5.05. The number of carbonyl (C=O) groups is 2. The molecule has 104 valence electrons. The molecule has 0 unspecified atom stereocenters. The Morgan fingerprint density at radius 3 is 2.32 bits per heavy atom. The van der Waals surface area contributed by atoms with Gasteiger partial charge < -0.3 is 10.4 Å². The molecule has 0 aliphatic carbocycles. The minimum atomic E-state index is -3.15. The topological polar surface area (TPSA) is 101 Å². The first-order valence-corrected chi connectivity index (χ1v) is 7.50. The molecule has 0 saturated carbocycles. The number of carboxylic acid groups (broad SMARTS) is 1. The number of carboxylic acids is 1. The zero-order chi connectivity index (χ0) is 14.5. The summed E-state index contributed by atoms with van der Waals surface area (Å²) in [6.07, 6.45) is 0. The van der Waals surface area contributed by atoms with Crippen LogP contribution in [0.2, 0.25) is 0 Å². The Balaban J connectivity index is 2.72. The van der Waals surface area contributed by atoms with E-state index >= 15 is 0 Å². The molecule has 1 amide bonds. The number of sulfone groups is 1. The van der Waals surface area contributed by atoms with Crippen LogP contribution >= 0.6 is 0 Å². The summed E-state index contributed by atoms with van der Waals surface area (Å²) in [4.78, 5) is 22.7. The molecular weight excluding hydrogens is 270 g/mol. The number of hydrogen-bond donors (Lipinski definition) is 2. The summed E-state index contributed by atoms with van der Waals surface area (Å²) in [6, 6.07) is 5.76. The number of nitrogens with one attached hydrogen (secondary N) is 1. The van der Waals surface area contributed by atoms with Crippen molar-refractivity contribution in [3.63, 3.8) is 0 Å². The molecule has 0 saturated heterocycles. The van der Waals surface area contributed by atoms with E-state index in [9.17, 15) is 18.0 Å². The molecule has 1 aromatic rings. The minimum Gasteiger partial charge on any atom is -0.478 e. The van der Waals surface area contributed by atoms with Gasteiger partial charge in [-0.1, -0.05) is 19.1 Å². The smallest absolute Gasteiger partial charge is 0.336 e. The number of carbonyl (C=O) groups excluding carboxylic acids is 1. The van der Waals surface area contributed by atoms with E-state index in [1.54, 1.807) is 6.07 Å². The fourth-order valence-electron chi connectivity index (χ4n) is 1.43. The molecule has 0 radical (unpaired) electrons. The van der Waals surface area contributed by atoms with Crippen molar-refractivity contribution < 1.29 is 23.1 Å². The lowest BCUT2D eigenvalue weighted by Gasteiger charge is -2.07. The van der Waals surface area contributed by atoms with Crippen molar-refractivity contribution in [1.29, 1.82) is 0 Å². The molecule has 0 bridgehead atoms. The summed E-state index contributed by atoms with van der Waals surface area (Å²) in [6.45, 7) is 1.49. The molecule has 0 aromatic heterocycles. The highest BCUT2D eigenvalue weighted by Gasteiger charge is 2.16. The number of hydrogen-bond acceptors (Lipinski definition) is 4. The van der Waals surface area contributed by atoms with Crippen LogP contribution in [0, 0.1) is 0 Å². The molecule has 7 heteroatoms. The van der Waals surface area contributed by atoms with Crippen LogP contribution in [0.25, 0.3) is 0 Å². The first-order chi connectivity index (χ1) is 8.87. The van der Waals surface area contributed by atoms with Crippen LogP contribution in [0.15, 0.2) is 24.3 Å². The van der Waals surface area contributed by atoms with Crippen molar-refractivity contribution in [1.82, 2.24) is 5.32 Å². The van der Waals surface area contributed by atoms with Crippen LogP contribution < -0.4 is 5.32 Å². The Hall–Kier alpha value is -1.89. The number of benzene rings is 1. The van der Waals surface area contributed by atoms with Gasteiger partial charge in [0.15, 0.2) is 9.84 Å². The van der Waals surface area contributed by atoms with E-state index in [1.165, 1.54) is 25.1 Å². The maximum absolute atomic E-state index is 11.8. The van der Waals surface area contributed by atoms with Crippen molar-refractivity contribution in [2.24, 2.45) is 0 Å². The molecule has 0 aliphatic rings. The third kappa shape index (κ3) is 4.36. The summed E-state index contributed by atoms with van der Waals surface area (Å²) in [5.41, 5.74) is -0.0951. The fraction of sp³-hybridized carbons (Fsp3) is 0.333. The highest BCUT2D eigenvalue weighted by atomic mass is 32.2. The van der Waals surface area contributed by atoms with Gasteiger partial charge in [0.05, 0.1) is 16.9 Å². The predicted molar refractivity (Wildman–Crippen MR) is 70.1 cm³/mol. The molecule has 0 aliphatic heterocycles. The standard InChI is InChI=1S/C12H15NO5S/c1-2-19(17,18)8-7-13-11(14)9-5-3-4-6-10(9)12(15)16/h3-6H,2,7-8H2,1H3,(H,13,14)(H,15,16). The van der Waals surface area contributed by atoms with E-state index in [1.807, 2.05) is 0 Å². The Morgan fingerprint density at radius 2 is 1.79 bits per heavy atom. The van der Waals surface area contributed by atoms with Gasteiger partial charge in [-0.2, -0.15) is 0 Å². The molecular formula is C12H15NO5S. The fourth-order valence-corrected chi connectivity index (χ4v) is 2.13. The molecule has 6 nitrogen and oxygen atoms in total. The Labute approximate surface area is 111 Å². The van der Waals surface area contributed by atoms with Crippen LogP contribution in [-0.4, -0.2) is 43.5 Å². The second-order valence-corrected chi connectivity index (χ2v) is 6.32. The second-order valence-electron chi connectivity index (χ2n) is 3.84. The van der Waals surface area contributed by atoms with Crippen LogP contribution in [0.3, 0.4) is 0 Å². The molecule has 2 N–H and O–H groups in total. The average Bonchev–Trinajstić information content (AvgIpc) is 2.38. The van der Waals surface area contributed by atoms with Gasteiger partial charge in [-0.3, -0.25) is 4.79 Å². The Morgan fingerprint density at radius 1 is 1.21 bits per heavy atom. The van der Waals surface area contributed by atoms with Gasteiger partial charge in [-0.15, -0.1) is 0 Å². The molecule has 1 rings (SSSR count). The van der Waals surface area contributed by atoms with Gasteiger partial charge in [0.1, 0.15) is 0 Å². The van der Waals surface area contributed by atoms with Gasteiger partial charge in [-0.25, -0.2) is 13.2 Å². The lowest BCUT2D eigenvalue weighted by atomic mass is 10.1. The third-order valence-corrected chi connectivity index (χ3v) is 4.25. The molecule has 0 fully saturated rings. The number of aromatic carboxylic acids is 1. The highest BCUT2D eigenvalue weighted by Crippen LogP contribution is 2.08. The van der Waals surface area contributed by atoms with Gasteiger partial charge >= 0.3 is 5.97 Å². The molecule has 1 aromatic carbocycles. The monoisotopic (exact) mass is 285 g/mol. The SMILES string of the molecule is CCS(=O)(=O)CCNC(=O)c1ccccc1C(=O)O. The van der Waals surface area contributed by atoms with Crippen molar-refractivity contribution in [2.45, 2.75) is 6.92 Å². The van der Waals surface area contributed by atoms with Gasteiger partial charge in [-0.05, 0) is 12.1 Å². The number of amides is 1. The maximum Gasteiger partial charge on any atom is 0.336 e. The summed E-state index contributed by atoms with van der Waals surface area (Å²) < 4.78 is 22.5. The number of rotatable bonds is 6. The Bertz CT molecular complexity index is 580. The molecule has 0 spiro atoms. The van der Waals surface area contributed by atoms with E-state index in [4.69, 9.17) is 5.11 Å². The van der Waals surface area contributed by atoms with E-state index in [0.29, 0.717) is 0 Å². The molecule has 0 heterocycles. The minimum absolute atomic E-state index is 0.00852. The normalized spacial score (nSPS) is 11.0. The van der Waals surface area contributed by atoms with Gasteiger partial charge in [0.25, 0.3) is 5.91 Å². The van der Waals surface area contributed by atoms with Crippen LogP contribution in [0.1, 0.15) is 27.6 Å². The first-order valence-electron chi connectivity index (χ1n) is 5.68. The lowest BCUT2D eigenvalue weighted by molar-refractivity contribution is 0.0691. The van der Waals surface area contributed by atoms with Crippen molar-refractivity contribution in [3.8, 4) is 0 Å². The van der Waals surface area contributed by atoms with Gasteiger partial charge in [0.2, 0.25) is 0 Å². The molecule has 0 atom stereocenters. The summed E-state index contributed by atoms with van der Waals surface area (Å²) in [7, 11) is -3.15. The first kappa shape index (κ1) is 15.2. The zero-order valence-corrected chi connectivity index (χ0v) is 11.2. The summed E-state index contributed by atoms with van der Waals surface area (Å²) in [5.74, 6) is -1.95. The predicted octanol–water partition coefficient (Wildman–Crippen LogP) is 0.549. The van der Waals surface area contributed by atoms with Crippen molar-refractivity contribution in [3.05, 3.63) is 35.4 Å². The second kappa shape index (κ2) is 6.33. The van der Waals surface area contributed by atoms with Crippen LogP contribution in [-0.2, 0) is 9.84 Å². The van der Waals surface area contributed by atoms with Crippen molar-refractivity contribution >= 4 is 21.7 Å². The van der Waals surface area contributed by atoms with E-state index in [2.05, 4.69) is 5.32 Å². The largest absolute Gasteiger partial charge is 0.478 e. The van der Waals surface area contributed by atoms with E-state index in [0.717, 1.165) is 0 Å².